The van der Waals surface area contributed by atoms with E-state index >= 15 is 0 Å². The monoisotopic (exact) mass is 269 g/mol. The van der Waals surface area contributed by atoms with E-state index in [9.17, 15) is 4.79 Å². The zero-order valence-corrected chi connectivity index (χ0v) is 10.6. The van der Waals surface area contributed by atoms with Gasteiger partial charge in [0, 0.05) is 10.9 Å². The van der Waals surface area contributed by atoms with E-state index in [2.05, 4.69) is 15.9 Å². The van der Waals surface area contributed by atoms with Crippen molar-refractivity contribution in [2.45, 2.75) is 26.3 Å². The molecule has 0 amide bonds. The van der Waals surface area contributed by atoms with Crippen LogP contribution in [0.4, 0.5) is 0 Å². The molecule has 0 saturated heterocycles. The van der Waals surface area contributed by atoms with Crippen molar-refractivity contribution in [3.8, 4) is 0 Å². The molecule has 0 aliphatic carbocycles. The van der Waals surface area contributed by atoms with Crippen LogP contribution < -0.4 is 5.73 Å². The summed E-state index contributed by atoms with van der Waals surface area (Å²) in [6, 6.07) is 7.39. The van der Waals surface area contributed by atoms with Crippen LogP contribution in [-0.2, 0) is 11.2 Å². The highest BCUT2D eigenvalue weighted by Gasteiger charge is 2.16. The van der Waals surface area contributed by atoms with E-state index in [0.717, 1.165) is 10.0 Å². The third-order valence-corrected chi connectivity index (χ3v) is 2.91. The first kappa shape index (κ1) is 12.4. The number of carbonyl (C=O) groups excluding carboxylic acids is 1. The minimum absolute atomic E-state index is 0.104. The minimum atomic E-state index is -0.353. The van der Waals surface area contributed by atoms with Gasteiger partial charge in [-0.3, -0.25) is 4.79 Å². The third kappa shape index (κ3) is 3.76. The van der Waals surface area contributed by atoms with E-state index in [1.165, 1.54) is 0 Å². The molecular formula is C12H16BrNO. The Balaban J connectivity index is 2.62. The first-order valence-electron chi connectivity index (χ1n) is 5.03. The van der Waals surface area contributed by atoms with E-state index in [4.69, 9.17) is 5.73 Å². The van der Waals surface area contributed by atoms with Gasteiger partial charge >= 0.3 is 0 Å². The Labute approximate surface area is 99.0 Å². The molecule has 0 aromatic heterocycles. The molecule has 0 saturated carbocycles. The fourth-order valence-corrected chi connectivity index (χ4v) is 1.56. The van der Waals surface area contributed by atoms with Crippen LogP contribution in [0.5, 0.6) is 0 Å². The molecule has 0 fully saturated rings. The van der Waals surface area contributed by atoms with Gasteiger partial charge in [0.25, 0.3) is 0 Å². The summed E-state index contributed by atoms with van der Waals surface area (Å²) in [5.41, 5.74) is 6.79. The summed E-state index contributed by atoms with van der Waals surface area (Å²) in [6.07, 6.45) is 0.423. The molecule has 2 N–H and O–H groups in total. The lowest BCUT2D eigenvalue weighted by atomic mass is 9.96. The molecule has 82 valence electrons. The lowest BCUT2D eigenvalue weighted by Gasteiger charge is -2.13. The number of benzene rings is 1. The van der Waals surface area contributed by atoms with E-state index in [0.29, 0.717) is 6.42 Å². The lowest BCUT2D eigenvalue weighted by Crippen LogP contribution is -2.36. The van der Waals surface area contributed by atoms with E-state index in [1.54, 1.807) is 0 Å². The average molecular weight is 270 g/mol. The second kappa shape index (κ2) is 5.42. The minimum Gasteiger partial charge on any atom is -0.321 e. The van der Waals surface area contributed by atoms with Crippen LogP contribution in [-0.4, -0.2) is 11.8 Å². The quantitative estimate of drug-likeness (QED) is 0.913. The maximum atomic E-state index is 11.7. The summed E-state index contributed by atoms with van der Waals surface area (Å²) in [6.45, 7) is 3.92. The topological polar surface area (TPSA) is 43.1 Å². The smallest absolute Gasteiger partial charge is 0.154 e. The molecule has 1 unspecified atom stereocenters. The van der Waals surface area contributed by atoms with Crippen LogP contribution in [0.2, 0.25) is 0 Å². The van der Waals surface area contributed by atoms with Crippen molar-refractivity contribution >= 4 is 21.7 Å². The number of Topliss-reactive ketones (excluding diaryl/α,β-unsaturated/α-hetero) is 1. The average Bonchev–Trinajstić information content (AvgIpc) is 2.20. The Morgan fingerprint density at radius 2 is 1.87 bits per heavy atom. The van der Waals surface area contributed by atoms with Crippen molar-refractivity contribution in [2.75, 3.05) is 0 Å². The van der Waals surface area contributed by atoms with Crippen molar-refractivity contribution in [1.82, 2.24) is 0 Å². The second-order valence-corrected chi connectivity index (χ2v) is 4.96. The first-order valence-corrected chi connectivity index (χ1v) is 5.82. The molecule has 1 aromatic carbocycles. The Kier molecular flexibility index (Phi) is 4.48. The number of hydrogen-bond acceptors (Lipinski definition) is 2. The number of hydrogen-bond donors (Lipinski definition) is 1. The van der Waals surface area contributed by atoms with Crippen LogP contribution in [0, 0.1) is 5.92 Å². The molecule has 15 heavy (non-hydrogen) atoms. The molecule has 0 bridgehead atoms. The molecule has 1 atom stereocenters. The molecule has 1 rings (SSSR count). The molecule has 1 aromatic rings. The van der Waals surface area contributed by atoms with E-state index in [-0.39, 0.29) is 17.7 Å². The van der Waals surface area contributed by atoms with Gasteiger partial charge in [-0.2, -0.15) is 0 Å². The second-order valence-electron chi connectivity index (χ2n) is 4.04. The van der Waals surface area contributed by atoms with Gasteiger partial charge in [-0.15, -0.1) is 0 Å². The van der Waals surface area contributed by atoms with Crippen molar-refractivity contribution in [1.29, 1.82) is 0 Å². The van der Waals surface area contributed by atoms with Crippen LogP contribution in [0.15, 0.2) is 28.7 Å². The van der Waals surface area contributed by atoms with Crippen molar-refractivity contribution in [2.24, 2.45) is 11.7 Å². The highest BCUT2D eigenvalue weighted by Crippen LogP contribution is 2.12. The molecule has 2 nitrogen and oxygen atoms in total. The van der Waals surface area contributed by atoms with E-state index in [1.807, 2.05) is 38.1 Å². The zero-order valence-electron chi connectivity index (χ0n) is 9.03. The van der Waals surface area contributed by atoms with Crippen LogP contribution >= 0.6 is 15.9 Å². The molecule has 3 heteroatoms. The molecule has 0 heterocycles. The standard InChI is InChI=1S/C12H16BrNO/c1-8(2)12(14)11(15)7-9-3-5-10(13)6-4-9/h3-6,8,12H,7,14H2,1-2H3. The van der Waals surface area contributed by atoms with Crippen molar-refractivity contribution in [3.63, 3.8) is 0 Å². The van der Waals surface area contributed by atoms with Gasteiger partial charge in [-0.1, -0.05) is 41.9 Å². The number of rotatable bonds is 4. The van der Waals surface area contributed by atoms with Gasteiger partial charge in [0.1, 0.15) is 0 Å². The summed E-state index contributed by atoms with van der Waals surface area (Å²) in [5, 5.41) is 0. The van der Waals surface area contributed by atoms with Crippen LogP contribution in [0.25, 0.3) is 0 Å². The molecule has 0 aliphatic heterocycles. The summed E-state index contributed by atoms with van der Waals surface area (Å²) in [7, 11) is 0. The molecular weight excluding hydrogens is 254 g/mol. The van der Waals surface area contributed by atoms with Gasteiger partial charge < -0.3 is 5.73 Å². The van der Waals surface area contributed by atoms with Crippen LogP contribution in [0.3, 0.4) is 0 Å². The summed E-state index contributed by atoms with van der Waals surface area (Å²) < 4.78 is 1.02. The van der Waals surface area contributed by atoms with E-state index < -0.39 is 0 Å². The Hall–Kier alpha value is -0.670. The highest BCUT2D eigenvalue weighted by molar-refractivity contribution is 9.10. The van der Waals surface area contributed by atoms with Gasteiger partial charge in [-0.25, -0.2) is 0 Å². The summed E-state index contributed by atoms with van der Waals surface area (Å²) in [5.74, 6) is 0.306. The predicted octanol–water partition coefficient (Wildman–Crippen LogP) is 2.54. The lowest BCUT2D eigenvalue weighted by molar-refractivity contribution is -0.120. The maximum Gasteiger partial charge on any atom is 0.154 e. The van der Waals surface area contributed by atoms with Gasteiger partial charge in [0.05, 0.1) is 6.04 Å². The normalized spacial score (nSPS) is 12.9. The van der Waals surface area contributed by atoms with Gasteiger partial charge in [0.2, 0.25) is 0 Å². The Morgan fingerprint density at radius 1 is 1.33 bits per heavy atom. The molecule has 0 radical (unpaired) electrons. The predicted molar refractivity (Wildman–Crippen MR) is 65.7 cm³/mol. The van der Waals surface area contributed by atoms with Crippen LogP contribution in [0.1, 0.15) is 19.4 Å². The Bertz CT molecular complexity index is 332. The largest absolute Gasteiger partial charge is 0.321 e. The Morgan fingerprint density at radius 3 is 2.33 bits per heavy atom. The van der Waals surface area contributed by atoms with Crippen molar-refractivity contribution < 1.29 is 4.79 Å². The van der Waals surface area contributed by atoms with Gasteiger partial charge in [-0.05, 0) is 23.6 Å². The fraction of sp³-hybridized carbons (Fsp3) is 0.417. The van der Waals surface area contributed by atoms with Gasteiger partial charge in [0.15, 0.2) is 5.78 Å². The zero-order chi connectivity index (χ0) is 11.4. The molecule has 0 aliphatic rings. The number of carbonyl (C=O) groups is 1. The number of halogens is 1. The number of nitrogens with two attached hydrogens (primary N) is 1. The first-order chi connectivity index (χ1) is 7.00. The molecule has 0 spiro atoms. The summed E-state index contributed by atoms with van der Waals surface area (Å²) in [4.78, 5) is 11.7. The third-order valence-electron chi connectivity index (χ3n) is 2.38. The fourth-order valence-electron chi connectivity index (χ4n) is 1.29. The van der Waals surface area contributed by atoms with Crippen molar-refractivity contribution in [3.05, 3.63) is 34.3 Å². The SMILES string of the molecule is CC(C)C(N)C(=O)Cc1ccc(Br)cc1. The number of ketones is 1. The maximum absolute atomic E-state index is 11.7. The summed E-state index contributed by atoms with van der Waals surface area (Å²) >= 11 is 3.35. The highest BCUT2D eigenvalue weighted by atomic mass is 79.9.